The minimum Gasteiger partial charge on any atom is -0.412 e. The van der Waals surface area contributed by atoms with Gasteiger partial charge < -0.3 is 42.3 Å². The molecule has 0 aromatic carbocycles. The molecule has 11 N–H and O–H groups in total. The summed E-state index contributed by atoms with van der Waals surface area (Å²) in [6, 6.07) is 0. The zero-order valence-electron chi connectivity index (χ0n) is 14.2. The second-order valence-electron chi connectivity index (χ2n) is 5.82. The van der Waals surface area contributed by atoms with Gasteiger partial charge in [-0.2, -0.15) is 10.1 Å². The summed E-state index contributed by atoms with van der Waals surface area (Å²) in [5.41, 5.74) is 9.09. The first kappa shape index (κ1) is 21.2. The molecule has 0 radical (unpaired) electrons. The van der Waals surface area contributed by atoms with Crippen LogP contribution in [0.4, 0.5) is 5.95 Å². The Morgan fingerprint density at radius 2 is 2.00 bits per heavy atom. The van der Waals surface area contributed by atoms with Crippen molar-refractivity contribution in [2.75, 3.05) is 18.9 Å². The number of ether oxygens (including phenoxy) is 1. The molecule has 0 unspecified atom stereocenters. The number of carbonyl (C=O) groups is 2. The number of nitrogens with two attached hydrogens (primary N) is 2. The second-order valence-corrected chi connectivity index (χ2v) is 5.82. The molecule has 0 aliphatic carbocycles. The van der Waals surface area contributed by atoms with E-state index in [0.29, 0.717) is 0 Å². The highest BCUT2D eigenvalue weighted by atomic mass is 16.6. The van der Waals surface area contributed by atoms with E-state index in [1.165, 1.54) is 0 Å². The molecule has 0 saturated carbocycles. The van der Waals surface area contributed by atoms with E-state index < -0.39 is 60.8 Å². The third-order valence-electron chi connectivity index (χ3n) is 3.98. The highest BCUT2D eigenvalue weighted by molar-refractivity contribution is 6.04. The number of amides is 2. The van der Waals surface area contributed by atoms with Gasteiger partial charge in [-0.05, 0) is 0 Å². The Morgan fingerprint density at radius 3 is 2.57 bits per heavy atom. The summed E-state index contributed by atoms with van der Waals surface area (Å²) >= 11 is 0. The number of hydrogen-bond acceptors (Lipinski definition) is 10. The Labute approximate surface area is 155 Å². The normalized spacial score (nSPS) is 24.1. The molecule has 154 valence electrons. The van der Waals surface area contributed by atoms with Gasteiger partial charge in [0.25, 0.3) is 11.5 Å². The minimum atomic E-state index is -1.53. The maximum absolute atomic E-state index is 12.3. The van der Waals surface area contributed by atoms with Crippen LogP contribution in [0.3, 0.4) is 0 Å². The molecule has 1 aliphatic heterocycles. The standard InChI is InChI=1S/C13H17N7O7.H2O/c14-4(22)1-16-11(26)6-5-9(17-13(15)18-10(5)25)20(19-6)12-8(24)7(23)3(2-21)27-12;/h3,7-8,12,21,23-24H,1-2H2,(H2,14,22)(H,16,26)(H3,15,17,18,25);1H2/t3-,7-,8-,12-;/m1./s1. The number of H-pyrrole nitrogens is 1. The van der Waals surface area contributed by atoms with Crippen molar-refractivity contribution in [2.24, 2.45) is 5.73 Å². The zero-order chi connectivity index (χ0) is 19.9. The van der Waals surface area contributed by atoms with E-state index in [0.717, 1.165) is 4.68 Å². The van der Waals surface area contributed by atoms with Gasteiger partial charge in [-0.1, -0.05) is 0 Å². The lowest BCUT2D eigenvalue weighted by molar-refractivity contribution is -0.117. The highest BCUT2D eigenvalue weighted by Gasteiger charge is 2.45. The van der Waals surface area contributed by atoms with Crippen LogP contribution in [-0.4, -0.2) is 83.8 Å². The molecule has 4 atom stereocenters. The van der Waals surface area contributed by atoms with Crippen molar-refractivity contribution in [3.63, 3.8) is 0 Å². The first-order valence-corrected chi connectivity index (χ1v) is 7.71. The predicted octanol–water partition coefficient (Wildman–Crippen LogP) is -5.30. The van der Waals surface area contributed by atoms with Gasteiger partial charge in [0.15, 0.2) is 17.6 Å². The van der Waals surface area contributed by atoms with Gasteiger partial charge in [-0.3, -0.25) is 19.4 Å². The number of aromatic amines is 1. The van der Waals surface area contributed by atoms with Crippen molar-refractivity contribution in [3.05, 3.63) is 16.0 Å². The SMILES string of the molecule is NC(=O)CNC(=O)c1nn([C@@H]2O[C@H](CO)[C@@H](O)[C@H]2O)c2nc(N)[nH]c(=O)c12.O. The number of aliphatic hydroxyl groups excluding tert-OH is 3. The lowest BCUT2D eigenvalue weighted by atomic mass is 10.1. The van der Waals surface area contributed by atoms with Gasteiger partial charge in [0.05, 0.1) is 13.2 Å². The maximum Gasteiger partial charge on any atom is 0.273 e. The fourth-order valence-corrected chi connectivity index (χ4v) is 2.73. The number of aliphatic hydroxyl groups is 3. The number of fused-ring (bicyclic) bond motifs is 1. The van der Waals surface area contributed by atoms with Crippen molar-refractivity contribution < 1.29 is 35.1 Å². The summed E-state index contributed by atoms with van der Waals surface area (Å²) in [4.78, 5) is 41.5. The zero-order valence-corrected chi connectivity index (χ0v) is 14.2. The van der Waals surface area contributed by atoms with Gasteiger partial charge in [-0.15, -0.1) is 0 Å². The Balaban J connectivity index is 0.00000280. The molecule has 2 amide bonds. The van der Waals surface area contributed by atoms with Crippen LogP contribution in [-0.2, 0) is 9.53 Å². The number of nitrogens with one attached hydrogen (secondary N) is 2. The van der Waals surface area contributed by atoms with Gasteiger partial charge in [-0.25, -0.2) is 4.68 Å². The number of anilines is 1. The average molecular weight is 401 g/mol. The number of aromatic nitrogens is 4. The largest absolute Gasteiger partial charge is 0.412 e. The number of nitrogen functional groups attached to an aromatic ring is 1. The van der Waals surface area contributed by atoms with Crippen molar-refractivity contribution in [2.45, 2.75) is 24.5 Å². The van der Waals surface area contributed by atoms with E-state index in [9.17, 15) is 29.7 Å². The summed E-state index contributed by atoms with van der Waals surface area (Å²) in [7, 11) is 0. The molecule has 0 bridgehead atoms. The highest BCUT2D eigenvalue weighted by Crippen LogP contribution is 2.31. The number of nitrogens with zero attached hydrogens (tertiary/aromatic N) is 3. The number of hydrogen-bond donors (Lipinski definition) is 7. The molecule has 28 heavy (non-hydrogen) atoms. The van der Waals surface area contributed by atoms with E-state index in [4.69, 9.17) is 16.2 Å². The van der Waals surface area contributed by atoms with E-state index in [1.807, 2.05) is 0 Å². The fourth-order valence-electron chi connectivity index (χ4n) is 2.73. The number of primary amides is 1. The molecule has 3 heterocycles. The van der Waals surface area contributed by atoms with Gasteiger partial charge in [0, 0.05) is 0 Å². The van der Waals surface area contributed by atoms with Gasteiger partial charge in [0.1, 0.15) is 23.7 Å². The minimum absolute atomic E-state index is 0. The topological polar surface area (TPSA) is 263 Å². The van der Waals surface area contributed by atoms with Crippen LogP contribution in [0.2, 0.25) is 0 Å². The lowest BCUT2D eigenvalue weighted by Crippen LogP contribution is -2.34. The average Bonchev–Trinajstić information content (AvgIpc) is 3.11. The van der Waals surface area contributed by atoms with E-state index in [2.05, 4.69) is 20.4 Å². The molecular weight excluding hydrogens is 382 g/mol. The summed E-state index contributed by atoms with van der Waals surface area (Å²) in [5.74, 6) is -2.00. The summed E-state index contributed by atoms with van der Waals surface area (Å²) in [6.45, 7) is -1.09. The molecule has 2 aromatic heterocycles. The first-order valence-electron chi connectivity index (χ1n) is 7.71. The molecule has 3 rings (SSSR count). The molecule has 15 heteroatoms. The molecular formula is C13H19N7O8. The Hall–Kier alpha value is -3.11. The van der Waals surface area contributed by atoms with Crippen molar-refractivity contribution >= 4 is 28.8 Å². The van der Waals surface area contributed by atoms with Crippen LogP contribution in [0.25, 0.3) is 11.0 Å². The lowest BCUT2D eigenvalue weighted by Gasteiger charge is -2.15. The molecule has 0 spiro atoms. The maximum atomic E-state index is 12.3. The van der Waals surface area contributed by atoms with E-state index in [-0.39, 0.29) is 22.5 Å². The molecule has 1 fully saturated rings. The first-order chi connectivity index (χ1) is 12.7. The monoisotopic (exact) mass is 401 g/mol. The van der Waals surface area contributed by atoms with E-state index >= 15 is 0 Å². The Kier molecular flexibility index (Phi) is 5.95. The van der Waals surface area contributed by atoms with Crippen LogP contribution < -0.4 is 22.3 Å². The van der Waals surface area contributed by atoms with Gasteiger partial charge in [0.2, 0.25) is 11.9 Å². The van der Waals surface area contributed by atoms with Crippen LogP contribution in [0.1, 0.15) is 16.7 Å². The molecule has 15 nitrogen and oxygen atoms in total. The van der Waals surface area contributed by atoms with E-state index in [1.54, 1.807) is 0 Å². The van der Waals surface area contributed by atoms with Crippen molar-refractivity contribution in [3.8, 4) is 0 Å². The Morgan fingerprint density at radius 1 is 1.32 bits per heavy atom. The third kappa shape index (κ3) is 3.51. The molecule has 2 aromatic rings. The summed E-state index contributed by atoms with van der Waals surface area (Å²) in [5, 5.41) is 35.2. The van der Waals surface area contributed by atoms with Crippen LogP contribution in [0.5, 0.6) is 0 Å². The number of carbonyl (C=O) groups excluding carboxylic acids is 2. The fraction of sp³-hybridized carbons (Fsp3) is 0.462. The third-order valence-corrected chi connectivity index (χ3v) is 3.98. The molecule has 1 aliphatic rings. The van der Waals surface area contributed by atoms with Crippen molar-refractivity contribution in [1.82, 2.24) is 25.1 Å². The van der Waals surface area contributed by atoms with Crippen molar-refractivity contribution in [1.29, 1.82) is 0 Å². The smallest absolute Gasteiger partial charge is 0.273 e. The predicted molar refractivity (Wildman–Crippen MR) is 90.7 cm³/mol. The van der Waals surface area contributed by atoms with Gasteiger partial charge >= 0.3 is 0 Å². The molecule has 1 saturated heterocycles. The second kappa shape index (κ2) is 7.87. The summed E-state index contributed by atoms with van der Waals surface area (Å²) in [6.07, 6.45) is -5.44. The Bertz CT molecular complexity index is 956. The van der Waals surface area contributed by atoms with Crippen LogP contribution >= 0.6 is 0 Å². The van der Waals surface area contributed by atoms with Crippen LogP contribution in [0, 0.1) is 0 Å². The van der Waals surface area contributed by atoms with Crippen LogP contribution in [0.15, 0.2) is 4.79 Å². The summed E-state index contributed by atoms with van der Waals surface area (Å²) < 4.78 is 6.26. The quantitative estimate of drug-likeness (QED) is 0.250. The number of rotatable bonds is 5.